The molecule has 0 saturated heterocycles. The number of pyridine rings is 1. The smallest absolute Gasteiger partial charge is 0.251 e. The number of halogens is 1. The van der Waals surface area contributed by atoms with E-state index in [1.54, 1.807) is 36.7 Å². The molecule has 0 bridgehead atoms. The minimum Gasteiger partial charge on any atom is -0.350 e. The molecule has 6 heteroatoms. The lowest BCUT2D eigenvalue weighted by molar-refractivity contribution is 0.0952. The zero-order chi connectivity index (χ0) is 16.1. The molecule has 23 heavy (non-hydrogen) atoms. The Labute approximate surface area is 139 Å². The van der Waals surface area contributed by atoms with E-state index >= 15 is 0 Å². The third-order valence-electron chi connectivity index (χ3n) is 3.33. The van der Waals surface area contributed by atoms with Crippen molar-refractivity contribution in [2.24, 2.45) is 0 Å². The van der Waals surface area contributed by atoms with Crippen molar-refractivity contribution in [2.75, 3.05) is 6.54 Å². The molecule has 0 radical (unpaired) electrons. The minimum atomic E-state index is -0.146. The molecule has 116 valence electrons. The summed E-state index contributed by atoms with van der Waals surface area (Å²) in [6.07, 6.45) is 5.33. The molecule has 1 N–H and O–H groups in total. The predicted octanol–water partition coefficient (Wildman–Crippen LogP) is 3.03. The number of imidazole rings is 1. The quantitative estimate of drug-likeness (QED) is 0.784. The van der Waals surface area contributed by atoms with Crippen LogP contribution in [0.25, 0.3) is 11.5 Å². The van der Waals surface area contributed by atoms with Crippen LogP contribution in [-0.4, -0.2) is 27.0 Å². The van der Waals surface area contributed by atoms with Crippen molar-refractivity contribution in [1.29, 1.82) is 0 Å². The van der Waals surface area contributed by atoms with Gasteiger partial charge in [0, 0.05) is 42.3 Å². The van der Waals surface area contributed by atoms with Crippen molar-refractivity contribution in [1.82, 2.24) is 19.9 Å². The van der Waals surface area contributed by atoms with E-state index in [-0.39, 0.29) is 5.91 Å². The molecular formula is C17H15ClN4O. The average Bonchev–Trinajstić information content (AvgIpc) is 3.04. The molecule has 3 rings (SSSR count). The van der Waals surface area contributed by atoms with Crippen molar-refractivity contribution in [3.8, 4) is 11.5 Å². The maximum atomic E-state index is 12.1. The zero-order valence-electron chi connectivity index (χ0n) is 12.3. The summed E-state index contributed by atoms with van der Waals surface area (Å²) in [5.41, 5.74) is 1.35. The Kier molecular flexibility index (Phi) is 4.68. The molecule has 3 aromatic rings. The molecule has 1 amide bonds. The van der Waals surface area contributed by atoms with Gasteiger partial charge in [-0.3, -0.25) is 9.78 Å². The molecule has 0 atom stereocenters. The Morgan fingerprint density at radius 2 is 2.04 bits per heavy atom. The van der Waals surface area contributed by atoms with E-state index in [1.165, 1.54) is 0 Å². The Morgan fingerprint density at radius 3 is 2.83 bits per heavy atom. The van der Waals surface area contributed by atoms with E-state index in [4.69, 9.17) is 11.6 Å². The second-order valence-corrected chi connectivity index (χ2v) is 5.36. The van der Waals surface area contributed by atoms with Crippen LogP contribution in [0, 0.1) is 0 Å². The number of amides is 1. The number of aromatic nitrogens is 3. The Balaban J connectivity index is 1.62. The van der Waals surface area contributed by atoms with E-state index in [1.807, 2.05) is 29.0 Å². The number of carbonyl (C=O) groups excluding carboxylic acids is 1. The van der Waals surface area contributed by atoms with Gasteiger partial charge in [0.15, 0.2) is 5.82 Å². The first-order valence-corrected chi connectivity index (χ1v) is 7.58. The van der Waals surface area contributed by atoms with E-state index in [0.29, 0.717) is 23.7 Å². The maximum absolute atomic E-state index is 12.1. The first-order chi connectivity index (χ1) is 11.2. The summed E-state index contributed by atoms with van der Waals surface area (Å²) in [7, 11) is 0. The SMILES string of the molecule is O=C(NCCn1ccnc1-c1ccccn1)c1cccc(Cl)c1. The normalized spacial score (nSPS) is 10.5. The number of nitrogens with zero attached hydrogens (tertiary/aromatic N) is 3. The summed E-state index contributed by atoms with van der Waals surface area (Å²) in [6.45, 7) is 1.10. The van der Waals surface area contributed by atoms with Crippen LogP contribution in [0.4, 0.5) is 0 Å². The number of nitrogens with one attached hydrogen (secondary N) is 1. The van der Waals surface area contributed by atoms with Gasteiger partial charge in [0.05, 0.1) is 0 Å². The molecule has 0 fully saturated rings. The first kappa shape index (κ1) is 15.2. The van der Waals surface area contributed by atoms with E-state index in [0.717, 1.165) is 11.5 Å². The van der Waals surface area contributed by atoms with E-state index in [9.17, 15) is 4.79 Å². The lowest BCUT2D eigenvalue weighted by atomic mass is 10.2. The van der Waals surface area contributed by atoms with Crippen LogP contribution < -0.4 is 5.32 Å². The molecule has 2 heterocycles. The highest BCUT2D eigenvalue weighted by molar-refractivity contribution is 6.30. The van der Waals surface area contributed by atoms with Gasteiger partial charge in [-0.1, -0.05) is 23.7 Å². The van der Waals surface area contributed by atoms with Crippen molar-refractivity contribution in [3.63, 3.8) is 0 Å². The van der Waals surface area contributed by atoms with Crippen molar-refractivity contribution in [3.05, 3.63) is 71.6 Å². The fraction of sp³-hybridized carbons (Fsp3) is 0.118. The Bertz CT molecular complexity index is 801. The summed E-state index contributed by atoms with van der Waals surface area (Å²) in [5, 5.41) is 3.42. The first-order valence-electron chi connectivity index (χ1n) is 7.20. The number of carbonyl (C=O) groups is 1. The van der Waals surface area contributed by atoms with Gasteiger partial charge in [-0.25, -0.2) is 4.98 Å². The Morgan fingerprint density at radius 1 is 1.13 bits per heavy atom. The highest BCUT2D eigenvalue weighted by Crippen LogP contribution is 2.13. The molecule has 1 aromatic carbocycles. The van der Waals surface area contributed by atoms with Crippen LogP contribution >= 0.6 is 11.6 Å². The molecule has 0 aliphatic heterocycles. The van der Waals surface area contributed by atoms with Crippen LogP contribution in [0.1, 0.15) is 10.4 Å². The van der Waals surface area contributed by atoms with Gasteiger partial charge in [0.2, 0.25) is 0 Å². The maximum Gasteiger partial charge on any atom is 0.251 e. The molecule has 0 unspecified atom stereocenters. The van der Waals surface area contributed by atoms with Gasteiger partial charge in [0.1, 0.15) is 5.69 Å². The number of hydrogen-bond acceptors (Lipinski definition) is 3. The van der Waals surface area contributed by atoms with Crippen LogP contribution in [0.15, 0.2) is 61.1 Å². The largest absolute Gasteiger partial charge is 0.350 e. The van der Waals surface area contributed by atoms with Gasteiger partial charge >= 0.3 is 0 Å². The van der Waals surface area contributed by atoms with Crippen LogP contribution in [0.5, 0.6) is 0 Å². The monoisotopic (exact) mass is 326 g/mol. The third-order valence-corrected chi connectivity index (χ3v) is 3.57. The lowest BCUT2D eigenvalue weighted by Gasteiger charge is -2.09. The van der Waals surface area contributed by atoms with Crippen molar-refractivity contribution >= 4 is 17.5 Å². The van der Waals surface area contributed by atoms with Crippen molar-refractivity contribution in [2.45, 2.75) is 6.54 Å². The van der Waals surface area contributed by atoms with Crippen LogP contribution in [-0.2, 0) is 6.54 Å². The van der Waals surface area contributed by atoms with E-state index in [2.05, 4.69) is 15.3 Å². The summed E-state index contributed by atoms with van der Waals surface area (Å²) >= 11 is 5.89. The third kappa shape index (κ3) is 3.76. The van der Waals surface area contributed by atoms with Gasteiger partial charge in [-0.15, -0.1) is 0 Å². The molecule has 5 nitrogen and oxygen atoms in total. The summed E-state index contributed by atoms with van der Waals surface area (Å²) < 4.78 is 1.96. The highest BCUT2D eigenvalue weighted by atomic mass is 35.5. The zero-order valence-corrected chi connectivity index (χ0v) is 13.1. The molecule has 0 spiro atoms. The number of rotatable bonds is 5. The standard InChI is InChI=1S/C17H15ClN4O/c18-14-5-3-4-13(12-14)17(23)21-9-11-22-10-8-20-16(22)15-6-1-2-7-19-15/h1-8,10,12H,9,11H2,(H,21,23). The number of hydrogen-bond donors (Lipinski definition) is 1. The number of benzene rings is 1. The topological polar surface area (TPSA) is 59.8 Å². The minimum absolute atomic E-state index is 0.146. The molecule has 0 aliphatic carbocycles. The highest BCUT2D eigenvalue weighted by Gasteiger charge is 2.08. The molecule has 0 saturated carbocycles. The fourth-order valence-corrected chi connectivity index (χ4v) is 2.43. The van der Waals surface area contributed by atoms with Crippen LogP contribution in [0.2, 0.25) is 5.02 Å². The molecular weight excluding hydrogens is 312 g/mol. The average molecular weight is 327 g/mol. The summed E-state index contributed by atoms with van der Waals surface area (Å²) in [4.78, 5) is 20.7. The second-order valence-electron chi connectivity index (χ2n) is 4.93. The summed E-state index contributed by atoms with van der Waals surface area (Å²) in [6, 6.07) is 12.6. The van der Waals surface area contributed by atoms with Gasteiger partial charge in [-0.2, -0.15) is 0 Å². The molecule has 2 aromatic heterocycles. The van der Waals surface area contributed by atoms with Gasteiger partial charge in [-0.05, 0) is 30.3 Å². The van der Waals surface area contributed by atoms with Gasteiger partial charge < -0.3 is 9.88 Å². The Hall–Kier alpha value is -2.66. The summed E-state index contributed by atoms with van der Waals surface area (Å²) in [5.74, 6) is 0.634. The second kappa shape index (κ2) is 7.07. The predicted molar refractivity (Wildman–Crippen MR) is 89.2 cm³/mol. The molecule has 0 aliphatic rings. The van der Waals surface area contributed by atoms with E-state index < -0.39 is 0 Å². The fourth-order valence-electron chi connectivity index (χ4n) is 2.24. The van der Waals surface area contributed by atoms with Gasteiger partial charge in [0.25, 0.3) is 5.91 Å². The van der Waals surface area contributed by atoms with Crippen molar-refractivity contribution < 1.29 is 4.79 Å². The lowest BCUT2D eigenvalue weighted by Crippen LogP contribution is -2.27. The van der Waals surface area contributed by atoms with Crippen LogP contribution in [0.3, 0.4) is 0 Å².